The minimum Gasteiger partial charge on any atom is -0.508 e. The molecule has 1 aromatic heterocycles. The summed E-state index contributed by atoms with van der Waals surface area (Å²) in [6, 6.07) is 29.3. The number of hydrogen-bond donors (Lipinski definition) is 10. The van der Waals surface area contributed by atoms with Gasteiger partial charge in [-0.1, -0.05) is 72.4 Å². The lowest BCUT2D eigenvalue weighted by atomic mass is 9.95. The second-order valence-electron chi connectivity index (χ2n) is 19.5. The number of aryl methyl sites for hydroxylation is 1. The van der Waals surface area contributed by atoms with Crippen molar-refractivity contribution in [2.24, 2.45) is 0 Å². The highest BCUT2D eigenvalue weighted by atomic mass is 128. The van der Waals surface area contributed by atoms with E-state index in [1.54, 1.807) is 61.5 Å². The van der Waals surface area contributed by atoms with Crippen molar-refractivity contribution in [3.8, 4) is 63.2 Å². The van der Waals surface area contributed by atoms with E-state index in [2.05, 4.69) is 42.0 Å². The Hall–Kier alpha value is -8.11. The quantitative estimate of drug-likeness (QED) is 0.0243. The van der Waals surface area contributed by atoms with Gasteiger partial charge in [0.2, 0.25) is 0 Å². The fraction of sp³-hybridized carbons (Fsp3) is 0.302. The van der Waals surface area contributed by atoms with Crippen molar-refractivity contribution in [2.75, 3.05) is 14.2 Å². The van der Waals surface area contributed by atoms with E-state index in [1.807, 2.05) is 34.6 Å². The number of rotatable bonds is 6. The molecule has 21 nitrogen and oxygen atoms in total. The number of aliphatic carboxylic acids is 1. The smallest absolute Gasteiger partial charge is 0.336 e. The van der Waals surface area contributed by atoms with Gasteiger partial charge in [-0.2, -0.15) is 0 Å². The molecular formula is C63H76B3I2O21. The van der Waals surface area contributed by atoms with E-state index in [4.69, 9.17) is 59.5 Å². The Kier molecular flexibility index (Phi) is 37.7. The number of carbonyl (C=O) groups excluding carboxylic acids is 4. The fourth-order valence-electron chi connectivity index (χ4n) is 8.65. The van der Waals surface area contributed by atoms with Crippen LogP contribution in [0.5, 0.6) is 63.2 Å². The van der Waals surface area contributed by atoms with Gasteiger partial charge in [0.15, 0.2) is 0 Å². The van der Waals surface area contributed by atoms with Crippen LogP contribution in [0.15, 0.2) is 124 Å². The monoisotopic (exact) mass is 1460 g/mol. The number of ether oxygens (including phenoxy) is 4. The highest BCUT2D eigenvalue weighted by molar-refractivity contribution is 15.0. The van der Waals surface area contributed by atoms with Crippen LogP contribution in [0.4, 0.5) is 0 Å². The van der Waals surface area contributed by atoms with Crippen molar-refractivity contribution >= 4 is 103 Å². The highest BCUT2D eigenvalue weighted by Gasteiger charge is 2.26. The molecule has 0 bridgehead atoms. The van der Waals surface area contributed by atoms with Crippen LogP contribution in [0.3, 0.4) is 0 Å². The van der Waals surface area contributed by atoms with Crippen LogP contribution in [0.25, 0.3) is 11.0 Å². The molecule has 0 fully saturated rings. The number of phenolic OH excluding ortho intramolecular Hbond substituents is 8. The van der Waals surface area contributed by atoms with Crippen molar-refractivity contribution in [3.05, 3.63) is 159 Å². The first-order valence-corrected chi connectivity index (χ1v) is 32.3. The largest absolute Gasteiger partial charge is 0.508 e. The molecule has 10 N–H and O–H groups in total. The number of esters is 4. The molecule has 0 saturated heterocycles. The summed E-state index contributed by atoms with van der Waals surface area (Å²) in [5.74, 6) is 0.0262. The van der Waals surface area contributed by atoms with E-state index >= 15 is 0 Å². The van der Waals surface area contributed by atoms with Gasteiger partial charge in [0.1, 0.15) is 68.8 Å². The number of methoxy groups -OCH3 is 1. The van der Waals surface area contributed by atoms with E-state index in [0.29, 0.717) is 53.2 Å². The average Bonchev–Trinajstić information content (AvgIpc) is 1.58. The van der Waals surface area contributed by atoms with Gasteiger partial charge in [0.25, 0.3) is 0 Å². The van der Waals surface area contributed by atoms with Gasteiger partial charge in [-0.3, -0.25) is 24.0 Å². The maximum Gasteiger partial charge on any atom is 0.336 e. The molecule has 9 radical (unpaired) electrons. The van der Waals surface area contributed by atoms with Crippen molar-refractivity contribution < 1.29 is 101 Å². The molecule has 6 aromatic carbocycles. The van der Waals surface area contributed by atoms with Crippen LogP contribution in [0, 0.1) is 6.92 Å². The third-order valence-electron chi connectivity index (χ3n) is 12.9. The number of aliphatic hydroxyl groups is 1. The molecule has 89 heavy (non-hydrogen) atoms. The molecule has 0 spiro atoms. The van der Waals surface area contributed by atoms with E-state index in [0.717, 1.165) is 34.7 Å². The number of aromatic hydroxyl groups is 8. The SMILES string of the molecule is C.CC(CC(=O)O)c1ccc(O)cc1O.CC1CC(=O)Oc2cc(O)ccc21.CC1CC(=O)Oc2cc(O)ccc21.CC1CC(=O)Oc2cc(O)ccc21.CO.COC(=O)CC(C)c1ccc(O)cc1O.Cc1cc(=O)oc2cc(O)ccc12.II.[2HH].[B].[B].[B].[HH]. The number of halogens is 2. The predicted octanol–water partition coefficient (Wildman–Crippen LogP) is 12.0. The third kappa shape index (κ3) is 26.3. The highest BCUT2D eigenvalue weighted by Crippen LogP contribution is 2.39. The van der Waals surface area contributed by atoms with Crippen LogP contribution >= 0.6 is 37.2 Å². The summed E-state index contributed by atoms with van der Waals surface area (Å²) >= 11 is 4.24. The number of carboxylic acids is 1. The van der Waals surface area contributed by atoms with Gasteiger partial charge >= 0.3 is 35.5 Å². The Balaban J connectivity index is -0.000000487. The lowest BCUT2D eigenvalue weighted by molar-refractivity contribution is -0.141. The first-order valence-electron chi connectivity index (χ1n) is 26.0. The molecule has 3 aliphatic rings. The van der Waals surface area contributed by atoms with E-state index in [-0.39, 0.29) is 148 Å². The molecule has 7 aromatic rings. The Bertz CT molecular complexity index is 3330. The Morgan fingerprint density at radius 1 is 0.539 bits per heavy atom. The molecule has 5 unspecified atom stereocenters. The summed E-state index contributed by atoms with van der Waals surface area (Å²) in [7, 11) is 2.33. The molecular weight excluding hydrogens is 1380 g/mol. The molecule has 0 amide bonds. The summed E-state index contributed by atoms with van der Waals surface area (Å²) < 4.78 is 24.4. The van der Waals surface area contributed by atoms with Gasteiger partial charge < -0.3 is 74.4 Å². The molecule has 0 aliphatic carbocycles. The van der Waals surface area contributed by atoms with Crippen molar-refractivity contribution in [1.82, 2.24) is 0 Å². The number of hydrogen-bond acceptors (Lipinski definition) is 20. The number of benzene rings is 6. The van der Waals surface area contributed by atoms with Crippen LogP contribution < -0.4 is 19.8 Å². The zero-order valence-corrected chi connectivity index (χ0v) is 53.7. The van der Waals surface area contributed by atoms with Crippen LogP contribution in [0.1, 0.15) is 140 Å². The van der Waals surface area contributed by atoms with Gasteiger partial charge in [-0.05, 0) is 112 Å². The number of phenols is 8. The Morgan fingerprint density at radius 3 is 1.19 bits per heavy atom. The summed E-state index contributed by atoms with van der Waals surface area (Å²) in [6.07, 6.45) is 1.40. The fourth-order valence-corrected chi connectivity index (χ4v) is 8.65. The number of aliphatic hydroxyl groups excluding tert-OH is 1. The molecule has 3 aliphatic heterocycles. The van der Waals surface area contributed by atoms with E-state index in [9.17, 15) is 39.0 Å². The number of fused-ring (bicyclic) bond motifs is 4. The van der Waals surface area contributed by atoms with Gasteiger partial charge in [0.05, 0.1) is 39.2 Å². The maximum absolute atomic E-state index is 11.0. The first-order chi connectivity index (χ1) is 40.2. The minimum absolute atomic E-state index is 0. The summed E-state index contributed by atoms with van der Waals surface area (Å²) in [4.78, 5) is 65.5. The number of carbonyl (C=O) groups is 5. The van der Waals surface area contributed by atoms with Crippen molar-refractivity contribution in [3.63, 3.8) is 0 Å². The molecule has 26 heteroatoms. The molecule has 0 saturated carbocycles. The lowest BCUT2D eigenvalue weighted by Crippen LogP contribution is -2.18. The molecule has 4 heterocycles. The van der Waals surface area contributed by atoms with Crippen molar-refractivity contribution in [1.29, 1.82) is 0 Å². The topological polar surface area (TPSA) is 355 Å². The van der Waals surface area contributed by atoms with Gasteiger partial charge in [-0.25, -0.2) is 4.79 Å². The molecule has 10 rings (SSSR count). The zero-order chi connectivity index (χ0) is 63.8. The van der Waals surface area contributed by atoms with E-state index in [1.165, 1.54) is 67.8 Å². The lowest BCUT2D eigenvalue weighted by Gasteiger charge is -2.20. The normalized spacial score (nSPS) is 14.7. The summed E-state index contributed by atoms with van der Waals surface area (Å²) in [5, 5.41) is 90.1. The van der Waals surface area contributed by atoms with Gasteiger partial charge in [0, 0.05) is 120 Å². The van der Waals surface area contributed by atoms with E-state index < -0.39 is 11.6 Å². The van der Waals surface area contributed by atoms with Gasteiger partial charge in [-0.15, -0.1) is 0 Å². The zero-order valence-electron chi connectivity index (χ0n) is 49.3. The molecule has 5 atom stereocenters. The Labute approximate surface area is 548 Å². The first kappa shape index (κ1) is 83.0. The second kappa shape index (κ2) is 40.4. The summed E-state index contributed by atoms with van der Waals surface area (Å²) in [6.45, 7) is 11.3. The minimum atomic E-state index is -0.912. The van der Waals surface area contributed by atoms with Crippen LogP contribution in [-0.4, -0.2) is 120 Å². The summed E-state index contributed by atoms with van der Waals surface area (Å²) in [5.41, 5.74) is 4.99. The average molecular weight is 1460 g/mol. The third-order valence-corrected chi connectivity index (χ3v) is 12.9. The Morgan fingerprint density at radius 2 is 0.854 bits per heavy atom. The second-order valence-corrected chi connectivity index (χ2v) is 19.5. The van der Waals surface area contributed by atoms with Crippen LogP contribution in [0.2, 0.25) is 0 Å². The predicted molar refractivity (Wildman–Crippen MR) is 359 cm³/mol. The van der Waals surface area contributed by atoms with Crippen LogP contribution in [-0.2, 0) is 28.7 Å². The standard InChI is InChI=1S/C11H14O4.C10H12O4.3C10H10O3.C10H8O3.CH4O.CH4.3B.I2.2H2/c1-7(5-11(14)15-2)9-4-3-8(12)6-10(9)13;1-6(4-10(13)14)8-3-2-7(11)5-9(8)12;4*1-6-4-10(12)13-9-5-7(11)2-3-8(6)9;1-2;;;;;1-2;;/h3-4,6-7,12-13H,5H2,1-2H3;2-3,5-6,11-12H,4H2,1H3,(H,13,14);3*2-3,5-6,11H,4H2,1H3;2-5,11H,1H3;2H,1H3;1H4;;;;;2*1H/i;;;;;;;;;;;;1+1;. The van der Waals surface area contributed by atoms with Crippen molar-refractivity contribution in [2.45, 2.75) is 111 Å². The molecule has 477 valence electrons. The number of carboxylic acid groups (broad SMARTS) is 1. The maximum atomic E-state index is 11.0.